The predicted octanol–water partition coefficient (Wildman–Crippen LogP) is 6.61. The number of carbonyl (C=O) groups excluding carboxylic acids is 1. The lowest BCUT2D eigenvalue weighted by molar-refractivity contribution is -0.180. The van der Waals surface area contributed by atoms with Crippen molar-refractivity contribution in [1.29, 1.82) is 5.26 Å². The van der Waals surface area contributed by atoms with Gasteiger partial charge in [-0.3, -0.25) is 9.79 Å². The summed E-state index contributed by atoms with van der Waals surface area (Å²) in [5.74, 6) is -1.65. The SMILES string of the molecule is CC(SC1COC(c2ccc(C(=O)/C=C/c3ccc(CC#N)cc3)cc2)OC1)C(O)(CCC1C=NC=N1)c1ccc(F)cc1F. The molecule has 0 bridgehead atoms. The second-order valence-corrected chi connectivity index (χ2v) is 12.7. The topological polar surface area (TPSA) is 104 Å². The van der Waals surface area contributed by atoms with Crippen LogP contribution in [0.2, 0.25) is 0 Å². The number of aliphatic hydroxyl groups is 1. The summed E-state index contributed by atoms with van der Waals surface area (Å²) in [5.41, 5.74) is 1.52. The summed E-state index contributed by atoms with van der Waals surface area (Å²) in [5, 5.41) is 20.0. The van der Waals surface area contributed by atoms with Gasteiger partial charge in [0.15, 0.2) is 12.1 Å². The highest BCUT2D eigenvalue weighted by Crippen LogP contribution is 2.41. The van der Waals surface area contributed by atoms with Crippen LogP contribution in [0, 0.1) is 23.0 Å². The first-order valence-electron chi connectivity index (χ1n) is 14.6. The molecule has 2 heterocycles. The minimum absolute atomic E-state index is 0.0383. The predicted molar refractivity (Wildman–Crippen MR) is 171 cm³/mol. The second-order valence-electron chi connectivity index (χ2n) is 11.0. The largest absolute Gasteiger partial charge is 0.384 e. The number of aliphatic imine (C=N–C) groups is 2. The minimum atomic E-state index is -1.59. The van der Waals surface area contributed by atoms with E-state index in [1.807, 2.05) is 31.2 Å². The number of ether oxygens (including phenoxy) is 2. The molecular weight excluding hydrogens is 596 g/mol. The zero-order valence-corrected chi connectivity index (χ0v) is 25.5. The first-order chi connectivity index (χ1) is 21.7. The Labute approximate surface area is 265 Å². The number of nitriles is 1. The number of hydrogen-bond donors (Lipinski definition) is 1. The molecule has 0 radical (unpaired) electrons. The van der Waals surface area contributed by atoms with Crippen molar-refractivity contribution < 1.29 is 28.2 Å². The highest BCUT2D eigenvalue weighted by atomic mass is 32.2. The average Bonchev–Trinajstić information content (AvgIpc) is 3.58. The normalized spacial score (nSPS) is 21.4. The van der Waals surface area contributed by atoms with Crippen LogP contribution in [-0.4, -0.2) is 53.2 Å². The first-order valence-corrected chi connectivity index (χ1v) is 15.6. The number of halogens is 2. The third-order valence-corrected chi connectivity index (χ3v) is 9.35. The fraction of sp³-hybridized carbons (Fsp3) is 0.314. The summed E-state index contributed by atoms with van der Waals surface area (Å²) < 4.78 is 40.6. The number of benzene rings is 3. The van der Waals surface area contributed by atoms with Gasteiger partial charge in [-0.05, 0) is 36.1 Å². The van der Waals surface area contributed by atoms with Crippen LogP contribution >= 0.6 is 11.8 Å². The van der Waals surface area contributed by atoms with E-state index in [0.29, 0.717) is 31.6 Å². The highest BCUT2D eigenvalue weighted by Gasteiger charge is 2.40. The average molecular weight is 630 g/mol. The van der Waals surface area contributed by atoms with Crippen LogP contribution in [-0.2, 0) is 21.5 Å². The molecule has 3 aromatic rings. The third kappa shape index (κ3) is 8.18. The number of hydrogen-bond acceptors (Lipinski definition) is 8. The molecule has 2 aliphatic rings. The second kappa shape index (κ2) is 14.8. The molecule has 1 saturated heterocycles. The van der Waals surface area contributed by atoms with Crippen molar-refractivity contribution in [3.8, 4) is 6.07 Å². The summed E-state index contributed by atoms with van der Waals surface area (Å²) in [4.78, 5) is 20.9. The van der Waals surface area contributed by atoms with Crippen LogP contribution in [0.4, 0.5) is 8.78 Å². The van der Waals surface area contributed by atoms with Gasteiger partial charge in [-0.2, -0.15) is 5.26 Å². The van der Waals surface area contributed by atoms with Crippen LogP contribution in [0.5, 0.6) is 0 Å². The van der Waals surface area contributed by atoms with Crippen molar-refractivity contribution in [2.45, 2.75) is 54.6 Å². The first kappa shape index (κ1) is 32.4. The van der Waals surface area contributed by atoms with Crippen molar-refractivity contribution in [2.24, 2.45) is 9.98 Å². The van der Waals surface area contributed by atoms with Gasteiger partial charge in [-0.15, -0.1) is 11.8 Å². The van der Waals surface area contributed by atoms with Crippen molar-refractivity contribution in [3.63, 3.8) is 0 Å². The number of allylic oxidation sites excluding steroid dienone is 1. The molecule has 3 atom stereocenters. The van der Waals surface area contributed by atoms with Crippen molar-refractivity contribution in [3.05, 3.63) is 112 Å². The fourth-order valence-corrected chi connectivity index (χ4v) is 6.64. The zero-order chi connectivity index (χ0) is 31.8. The van der Waals surface area contributed by atoms with E-state index < -0.39 is 28.8 Å². The molecule has 2 aliphatic heterocycles. The van der Waals surface area contributed by atoms with Gasteiger partial charge in [0, 0.05) is 34.2 Å². The summed E-state index contributed by atoms with van der Waals surface area (Å²) >= 11 is 1.43. The molecule has 5 rings (SSSR count). The molecule has 10 heteroatoms. The molecule has 1 N–H and O–H groups in total. The van der Waals surface area contributed by atoms with Gasteiger partial charge < -0.3 is 14.6 Å². The lowest BCUT2D eigenvalue weighted by Crippen LogP contribution is -2.40. The molecule has 0 amide bonds. The van der Waals surface area contributed by atoms with Crippen LogP contribution in [0.3, 0.4) is 0 Å². The Hall–Kier alpha value is -4.01. The Balaban J connectivity index is 1.17. The maximum absolute atomic E-state index is 14.9. The summed E-state index contributed by atoms with van der Waals surface area (Å²) in [6.07, 6.45) is 6.76. The molecule has 0 aliphatic carbocycles. The summed E-state index contributed by atoms with van der Waals surface area (Å²) in [6.45, 7) is 2.48. The van der Waals surface area contributed by atoms with Crippen LogP contribution < -0.4 is 0 Å². The van der Waals surface area contributed by atoms with Crippen molar-refractivity contribution >= 4 is 36.2 Å². The summed E-state index contributed by atoms with van der Waals surface area (Å²) in [7, 11) is 0. The van der Waals surface area contributed by atoms with Crippen LogP contribution in [0.1, 0.15) is 58.7 Å². The van der Waals surface area contributed by atoms with E-state index in [1.54, 1.807) is 36.6 Å². The monoisotopic (exact) mass is 629 g/mol. The van der Waals surface area contributed by atoms with E-state index in [-0.39, 0.29) is 29.1 Å². The van der Waals surface area contributed by atoms with E-state index in [2.05, 4.69) is 16.1 Å². The van der Waals surface area contributed by atoms with E-state index in [4.69, 9.17) is 14.7 Å². The van der Waals surface area contributed by atoms with E-state index >= 15 is 0 Å². The molecular formula is C35H33F2N3O4S. The molecule has 7 nitrogen and oxygen atoms in total. The maximum atomic E-state index is 14.9. The maximum Gasteiger partial charge on any atom is 0.185 e. The van der Waals surface area contributed by atoms with Crippen molar-refractivity contribution in [1.82, 2.24) is 0 Å². The van der Waals surface area contributed by atoms with Crippen LogP contribution in [0.15, 0.2) is 82.8 Å². The minimum Gasteiger partial charge on any atom is -0.384 e. The lowest BCUT2D eigenvalue weighted by Gasteiger charge is -2.38. The Bertz CT molecular complexity index is 1600. The van der Waals surface area contributed by atoms with Gasteiger partial charge in [0.25, 0.3) is 0 Å². The molecule has 232 valence electrons. The van der Waals surface area contributed by atoms with Gasteiger partial charge in [0.2, 0.25) is 0 Å². The lowest BCUT2D eigenvalue weighted by atomic mass is 9.84. The molecule has 0 spiro atoms. The quantitative estimate of drug-likeness (QED) is 0.179. The van der Waals surface area contributed by atoms with Crippen molar-refractivity contribution in [2.75, 3.05) is 13.2 Å². The Morgan fingerprint density at radius 3 is 2.51 bits per heavy atom. The Kier molecular flexibility index (Phi) is 10.7. The molecule has 3 aromatic carbocycles. The van der Waals surface area contributed by atoms with E-state index in [1.165, 1.54) is 30.2 Å². The van der Waals surface area contributed by atoms with E-state index in [0.717, 1.165) is 28.8 Å². The summed E-state index contributed by atoms with van der Waals surface area (Å²) in [6, 6.07) is 19.7. The number of nitrogens with zero attached hydrogens (tertiary/aromatic N) is 3. The van der Waals surface area contributed by atoms with Gasteiger partial charge >= 0.3 is 0 Å². The smallest absolute Gasteiger partial charge is 0.185 e. The third-order valence-electron chi connectivity index (χ3n) is 7.90. The molecule has 45 heavy (non-hydrogen) atoms. The molecule has 1 fully saturated rings. The number of ketones is 1. The molecule has 0 aromatic heterocycles. The number of rotatable bonds is 12. The Morgan fingerprint density at radius 1 is 1.13 bits per heavy atom. The standard InChI is InChI=1S/C35H33F2N3O4S/c1-23(35(42,16-14-29-19-39-22-40-29)31-12-11-28(36)18-32(31)37)45-30-20-43-34(44-21-30)27-9-7-26(8-10-27)33(41)13-6-24-2-4-25(5-3-24)15-17-38/h2-13,18-19,22-23,29-30,34,42H,14-16,20-21H2,1H3/b13-6+. The number of thioether (sulfide) groups is 1. The Morgan fingerprint density at radius 2 is 1.87 bits per heavy atom. The zero-order valence-electron chi connectivity index (χ0n) is 24.7. The van der Waals surface area contributed by atoms with Gasteiger partial charge in [-0.25, -0.2) is 13.8 Å². The van der Waals surface area contributed by atoms with Gasteiger partial charge in [-0.1, -0.05) is 67.6 Å². The van der Waals surface area contributed by atoms with Gasteiger partial charge in [0.1, 0.15) is 23.6 Å². The highest BCUT2D eigenvalue weighted by molar-refractivity contribution is 8.00. The molecule has 3 unspecified atom stereocenters. The fourth-order valence-electron chi connectivity index (χ4n) is 5.28. The van der Waals surface area contributed by atoms with Gasteiger partial charge in [0.05, 0.1) is 37.0 Å². The number of carbonyl (C=O) groups is 1. The molecule has 0 saturated carbocycles. The van der Waals surface area contributed by atoms with Crippen LogP contribution in [0.25, 0.3) is 6.08 Å². The van der Waals surface area contributed by atoms with E-state index in [9.17, 15) is 18.7 Å².